The Labute approximate surface area is 197 Å². The van der Waals surface area contributed by atoms with Crippen LogP contribution < -0.4 is 15.5 Å². The summed E-state index contributed by atoms with van der Waals surface area (Å²) in [5.74, 6) is 7.13. The molecule has 0 spiro atoms. The summed E-state index contributed by atoms with van der Waals surface area (Å²) in [6.45, 7) is 2.87. The number of hydrogen-bond acceptors (Lipinski definition) is 5. The third kappa shape index (κ3) is 4.52. The number of hydrazone groups is 2. The standard InChI is InChI=1S/C24H23Cl2N5O/c1-16(28-27)31-15-30(14-17-7-10-19(32-2)11-8-17)29-24(20-5-3-4-6-22(20)26)21-13-18(25)9-12-23(21)31/h3-13H,14-15,27H2,1-2H3/b28-16-. The minimum absolute atomic E-state index is 0.446. The molecule has 0 amide bonds. The normalized spacial score (nSPS) is 14.0. The first-order valence-electron chi connectivity index (χ1n) is 10.0. The van der Waals surface area contributed by atoms with E-state index < -0.39 is 0 Å². The lowest BCUT2D eigenvalue weighted by Gasteiger charge is -2.28. The second kappa shape index (κ2) is 9.51. The molecule has 0 bridgehead atoms. The molecule has 0 saturated carbocycles. The maximum atomic E-state index is 6.58. The van der Waals surface area contributed by atoms with Crippen molar-refractivity contribution in [2.45, 2.75) is 13.5 Å². The Kier molecular flexibility index (Phi) is 6.53. The van der Waals surface area contributed by atoms with Crippen LogP contribution in [0, 0.1) is 0 Å². The van der Waals surface area contributed by atoms with Gasteiger partial charge in [-0.05, 0) is 48.9 Å². The molecule has 8 heteroatoms. The molecule has 2 N–H and O–H groups in total. The van der Waals surface area contributed by atoms with Crippen LogP contribution in [0.2, 0.25) is 10.0 Å². The van der Waals surface area contributed by atoms with Gasteiger partial charge in [0, 0.05) is 16.1 Å². The quantitative estimate of drug-likeness (QED) is 0.243. The molecule has 0 aliphatic carbocycles. The van der Waals surface area contributed by atoms with Crippen LogP contribution in [0.3, 0.4) is 0 Å². The van der Waals surface area contributed by atoms with Gasteiger partial charge in [0.2, 0.25) is 0 Å². The first-order valence-corrected chi connectivity index (χ1v) is 10.8. The number of ether oxygens (including phenoxy) is 1. The van der Waals surface area contributed by atoms with Crippen LogP contribution in [0.5, 0.6) is 5.75 Å². The topological polar surface area (TPSA) is 66.5 Å². The molecular formula is C24H23Cl2N5O. The highest BCUT2D eigenvalue weighted by atomic mass is 35.5. The SMILES string of the molecule is COc1ccc(CN2CN(/C(C)=N\N)c3ccc(Cl)cc3C(c3ccccc3Cl)=N2)cc1. The molecule has 6 nitrogen and oxygen atoms in total. The molecule has 0 radical (unpaired) electrons. The average Bonchev–Trinajstić information content (AvgIpc) is 2.96. The number of rotatable bonds is 4. The number of fused-ring (bicyclic) bond motifs is 1. The van der Waals surface area contributed by atoms with E-state index in [4.69, 9.17) is 38.9 Å². The van der Waals surface area contributed by atoms with Gasteiger partial charge in [-0.3, -0.25) is 5.01 Å². The molecule has 3 aromatic rings. The summed E-state index contributed by atoms with van der Waals surface area (Å²) in [4.78, 5) is 2.02. The average molecular weight is 468 g/mol. The Bertz CT molecular complexity index is 1180. The molecule has 0 aromatic heterocycles. The summed E-state index contributed by atoms with van der Waals surface area (Å²) >= 11 is 13.0. The van der Waals surface area contributed by atoms with Gasteiger partial charge in [0.1, 0.15) is 24.0 Å². The zero-order chi connectivity index (χ0) is 22.7. The number of benzene rings is 3. The van der Waals surface area contributed by atoms with E-state index in [2.05, 4.69) is 5.10 Å². The summed E-state index contributed by atoms with van der Waals surface area (Å²) in [5.41, 5.74) is 4.39. The van der Waals surface area contributed by atoms with Gasteiger partial charge in [0.15, 0.2) is 0 Å². The highest BCUT2D eigenvalue weighted by molar-refractivity contribution is 6.36. The molecule has 164 valence electrons. The van der Waals surface area contributed by atoms with Crippen molar-refractivity contribution in [3.63, 3.8) is 0 Å². The van der Waals surface area contributed by atoms with Gasteiger partial charge < -0.3 is 15.5 Å². The highest BCUT2D eigenvalue weighted by Gasteiger charge is 2.26. The fourth-order valence-corrected chi connectivity index (χ4v) is 4.02. The van der Waals surface area contributed by atoms with Gasteiger partial charge in [-0.25, -0.2) is 0 Å². The van der Waals surface area contributed by atoms with Crippen molar-refractivity contribution in [3.05, 3.63) is 93.5 Å². The van der Waals surface area contributed by atoms with Gasteiger partial charge in [-0.2, -0.15) is 10.2 Å². The van der Waals surface area contributed by atoms with Gasteiger partial charge in [0.25, 0.3) is 0 Å². The third-order valence-corrected chi connectivity index (χ3v) is 5.85. The van der Waals surface area contributed by atoms with E-state index in [0.717, 1.165) is 33.8 Å². The number of hydrogen-bond donors (Lipinski definition) is 1. The number of anilines is 1. The summed E-state index contributed by atoms with van der Waals surface area (Å²) in [5, 5.41) is 12.2. The molecule has 0 fully saturated rings. The molecular weight excluding hydrogens is 445 g/mol. The van der Waals surface area contributed by atoms with Crippen molar-refractivity contribution in [1.29, 1.82) is 0 Å². The Hall–Kier alpha value is -3.22. The molecule has 0 saturated heterocycles. The Morgan fingerprint density at radius 1 is 1.06 bits per heavy atom. The van der Waals surface area contributed by atoms with Crippen molar-refractivity contribution in [3.8, 4) is 5.75 Å². The van der Waals surface area contributed by atoms with Gasteiger partial charge in [-0.15, -0.1) is 0 Å². The molecule has 3 aromatic carbocycles. The van der Waals surface area contributed by atoms with Crippen molar-refractivity contribution in [2.75, 3.05) is 18.7 Å². The van der Waals surface area contributed by atoms with Crippen molar-refractivity contribution < 1.29 is 4.74 Å². The van der Waals surface area contributed by atoms with Crippen molar-refractivity contribution >= 4 is 40.4 Å². The smallest absolute Gasteiger partial charge is 0.127 e. The highest BCUT2D eigenvalue weighted by Crippen LogP contribution is 2.32. The Balaban J connectivity index is 1.86. The summed E-state index contributed by atoms with van der Waals surface area (Å²) in [6, 6.07) is 21.3. The molecule has 1 aliphatic rings. The van der Waals surface area contributed by atoms with E-state index in [0.29, 0.717) is 29.1 Å². The first kappa shape index (κ1) is 22.0. The van der Waals surface area contributed by atoms with E-state index in [1.54, 1.807) is 7.11 Å². The fourth-order valence-electron chi connectivity index (χ4n) is 3.63. The first-order chi connectivity index (χ1) is 15.5. The lowest BCUT2D eigenvalue weighted by molar-refractivity contribution is 0.290. The molecule has 32 heavy (non-hydrogen) atoms. The van der Waals surface area contributed by atoms with Crippen molar-refractivity contribution in [2.24, 2.45) is 16.0 Å². The van der Waals surface area contributed by atoms with Crippen LogP contribution >= 0.6 is 23.2 Å². The van der Waals surface area contributed by atoms with Gasteiger partial charge in [0.05, 0.1) is 24.4 Å². The molecule has 4 rings (SSSR count). The predicted molar refractivity (Wildman–Crippen MR) is 132 cm³/mol. The van der Waals surface area contributed by atoms with E-state index >= 15 is 0 Å². The second-order valence-corrected chi connectivity index (χ2v) is 8.19. The van der Waals surface area contributed by atoms with E-state index in [9.17, 15) is 0 Å². The third-order valence-electron chi connectivity index (χ3n) is 5.28. The Morgan fingerprint density at radius 2 is 1.81 bits per heavy atom. The zero-order valence-corrected chi connectivity index (χ0v) is 19.3. The Morgan fingerprint density at radius 3 is 2.50 bits per heavy atom. The number of nitrogens with two attached hydrogens (primary N) is 1. The molecule has 0 atom stereocenters. The van der Waals surface area contributed by atoms with Crippen LogP contribution in [0.25, 0.3) is 0 Å². The van der Waals surface area contributed by atoms with Crippen LogP contribution in [-0.4, -0.2) is 30.3 Å². The molecule has 1 aliphatic heterocycles. The van der Waals surface area contributed by atoms with Crippen LogP contribution in [0.4, 0.5) is 5.69 Å². The predicted octanol–water partition coefficient (Wildman–Crippen LogP) is 5.33. The summed E-state index contributed by atoms with van der Waals surface area (Å²) < 4.78 is 5.28. The number of methoxy groups -OCH3 is 1. The number of amidine groups is 1. The van der Waals surface area contributed by atoms with Gasteiger partial charge in [-0.1, -0.05) is 53.5 Å². The largest absolute Gasteiger partial charge is 0.497 e. The number of halogens is 2. The molecule has 1 heterocycles. The fraction of sp³-hybridized carbons (Fsp3) is 0.167. The summed E-state index contributed by atoms with van der Waals surface area (Å²) in [7, 11) is 1.65. The van der Waals surface area contributed by atoms with Crippen molar-refractivity contribution in [1.82, 2.24) is 5.01 Å². The minimum atomic E-state index is 0.446. The van der Waals surface area contributed by atoms with E-state index in [1.165, 1.54) is 0 Å². The van der Waals surface area contributed by atoms with Crippen LogP contribution in [0.1, 0.15) is 23.6 Å². The monoisotopic (exact) mass is 467 g/mol. The minimum Gasteiger partial charge on any atom is -0.497 e. The number of nitrogens with zero attached hydrogens (tertiary/aromatic N) is 4. The zero-order valence-electron chi connectivity index (χ0n) is 17.8. The lowest BCUT2D eigenvalue weighted by atomic mass is 10.00. The maximum absolute atomic E-state index is 6.58. The van der Waals surface area contributed by atoms with Gasteiger partial charge >= 0.3 is 0 Å². The van der Waals surface area contributed by atoms with E-state index in [1.807, 2.05) is 83.6 Å². The van der Waals surface area contributed by atoms with Crippen LogP contribution in [0.15, 0.2) is 76.9 Å². The molecule has 0 unspecified atom stereocenters. The maximum Gasteiger partial charge on any atom is 0.127 e. The lowest BCUT2D eigenvalue weighted by Crippen LogP contribution is -2.38. The van der Waals surface area contributed by atoms with Crippen LogP contribution in [-0.2, 0) is 6.54 Å². The summed E-state index contributed by atoms with van der Waals surface area (Å²) in [6.07, 6.45) is 0. The van der Waals surface area contributed by atoms with E-state index in [-0.39, 0.29) is 0 Å². The second-order valence-electron chi connectivity index (χ2n) is 7.35.